The molecule has 4 rings (SSSR count). The van der Waals surface area contributed by atoms with E-state index in [-0.39, 0.29) is 11.8 Å². The SMILES string of the molecule is O=C1CCC(C(=O)N2CCC(c3cc4ncccc4cn3)CC2)CC1. The number of fused-ring (bicyclic) bond motifs is 1. The zero-order chi connectivity index (χ0) is 17.2. The van der Waals surface area contributed by atoms with Crippen LogP contribution in [-0.4, -0.2) is 39.6 Å². The van der Waals surface area contributed by atoms with Gasteiger partial charge in [-0.25, -0.2) is 0 Å². The van der Waals surface area contributed by atoms with Crippen molar-refractivity contribution in [3.8, 4) is 0 Å². The highest BCUT2D eigenvalue weighted by Gasteiger charge is 2.31. The number of hydrogen-bond acceptors (Lipinski definition) is 4. The second kappa shape index (κ2) is 6.90. The number of ketones is 1. The molecule has 0 radical (unpaired) electrons. The predicted octanol–water partition coefficient (Wildman–Crippen LogP) is 3.10. The van der Waals surface area contributed by atoms with Crippen LogP contribution in [0.1, 0.15) is 50.1 Å². The zero-order valence-electron chi connectivity index (χ0n) is 14.4. The van der Waals surface area contributed by atoms with Gasteiger partial charge in [-0.1, -0.05) is 0 Å². The summed E-state index contributed by atoms with van der Waals surface area (Å²) < 4.78 is 0. The van der Waals surface area contributed by atoms with Crippen LogP contribution in [0.25, 0.3) is 10.9 Å². The number of carbonyl (C=O) groups is 2. The summed E-state index contributed by atoms with van der Waals surface area (Å²) in [7, 11) is 0. The first-order valence-electron chi connectivity index (χ1n) is 9.22. The van der Waals surface area contributed by atoms with E-state index in [2.05, 4.69) is 16.0 Å². The smallest absolute Gasteiger partial charge is 0.225 e. The van der Waals surface area contributed by atoms with E-state index in [0.29, 0.717) is 24.5 Å². The van der Waals surface area contributed by atoms with E-state index < -0.39 is 0 Å². The topological polar surface area (TPSA) is 63.2 Å². The molecule has 1 saturated heterocycles. The molecule has 25 heavy (non-hydrogen) atoms. The summed E-state index contributed by atoms with van der Waals surface area (Å²) >= 11 is 0. The minimum atomic E-state index is 0.0530. The van der Waals surface area contributed by atoms with Gasteiger partial charge in [0.15, 0.2) is 0 Å². The number of aromatic nitrogens is 2. The van der Waals surface area contributed by atoms with Crippen molar-refractivity contribution in [1.82, 2.24) is 14.9 Å². The quantitative estimate of drug-likeness (QED) is 0.845. The molecular formula is C20H23N3O2. The summed E-state index contributed by atoms with van der Waals surface area (Å²) in [5, 5.41) is 1.06. The molecule has 1 aliphatic heterocycles. The Morgan fingerprint density at radius 2 is 1.84 bits per heavy atom. The molecule has 130 valence electrons. The molecule has 1 amide bonds. The van der Waals surface area contributed by atoms with Crippen LogP contribution >= 0.6 is 0 Å². The minimum absolute atomic E-state index is 0.0530. The lowest BCUT2D eigenvalue weighted by Crippen LogP contribution is -2.42. The van der Waals surface area contributed by atoms with Gasteiger partial charge in [-0.3, -0.25) is 19.6 Å². The minimum Gasteiger partial charge on any atom is -0.342 e. The molecule has 5 heteroatoms. The van der Waals surface area contributed by atoms with E-state index in [1.165, 1.54) is 0 Å². The first-order valence-corrected chi connectivity index (χ1v) is 9.22. The number of likely N-dealkylation sites (tertiary alicyclic amines) is 1. The van der Waals surface area contributed by atoms with Gasteiger partial charge in [0.25, 0.3) is 0 Å². The molecule has 0 atom stereocenters. The van der Waals surface area contributed by atoms with Crippen LogP contribution in [0.15, 0.2) is 30.6 Å². The fourth-order valence-electron chi connectivity index (χ4n) is 4.04. The van der Waals surface area contributed by atoms with Crippen molar-refractivity contribution in [3.63, 3.8) is 0 Å². The van der Waals surface area contributed by atoms with Crippen LogP contribution in [0, 0.1) is 5.92 Å². The maximum Gasteiger partial charge on any atom is 0.225 e. The third kappa shape index (κ3) is 3.41. The van der Waals surface area contributed by atoms with Gasteiger partial charge in [0.1, 0.15) is 5.78 Å². The van der Waals surface area contributed by atoms with E-state index in [1.54, 1.807) is 0 Å². The highest BCUT2D eigenvalue weighted by atomic mass is 16.2. The average Bonchev–Trinajstić information content (AvgIpc) is 2.68. The summed E-state index contributed by atoms with van der Waals surface area (Å²) in [6.07, 6.45) is 8.20. The van der Waals surface area contributed by atoms with Crippen LogP contribution in [0.5, 0.6) is 0 Å². The van der Waals surface area contributed by atoms with Gasteiger partial charge in [-0.15, -0.1) is 0 Å². The molecule has 0 unspecified atom stereocenters. The summed E-state index contributed by atoms with van der Waals surface area (Å²) in [5.74, 6) is 0.999. The maximum absolute atomic E-state index is 12.7. The second-order valence-electron chi connectivity index (χ2n) is 7.22. The Morgan fingerprint density at radius 3 is 2.60 bits per heavy atom. The largest absolute Gasteiger partial charge is 0.342 e. The van der Waals surface area contributed by atoms with Gasteiger partial charge in [0, 0.05) is 61.2 Å². The first kappa shape index (κ1) is 16.2. The van der Waals surface area contributed by atoms with E-state index >= 15 is 0 Å². The van der Waals surface area contributed by atoms with Gasteiger partial charge in [0.05, 0.1) is 5.52 Å². The van der Waals surface area contributed by atoms with Crippen molar-refractivity contribution < 1.29 is 9.59 Å². The molecule has 0 spiro atoms. The van der Waals surface area contributed by atoms with Gasteiger partial charge in [-0.2, -0.15) is 0 Å². The van der Waals surface area contributed by atoms with Crippen LogP contribution in [0.2, 0.25) is 0 Å². The van der Waals surface area contributed by atoms with Gasteiger partial charge in [-0.05, 0) is 43.9 Å². The van der Waals surface area contributed by atoms with Crippen molar-refractivity contribution in [2.45, 2.75) is 44.4 Å². The van der Waals surface area contributed by atoms with E-state index in [0.717, 1.165) is 55.4 Å². The number of pyridine rings is 2. The number of hydrogen-bond donors (Lipinski definition) is 0. The van der Waals surface area contributed by atoms with Crippen LogP contribution in [0.3, 0.4) is 0 Å². The van der Waals surface area contributed by atoms with Crippen molar-refractivity contribution in [1.29, 1.82) is 0 Å². The number of amides is 1. The first-order chi connectivity index (χ1) is 12.2. The Bertz CT molecular complexity index is 786. The van der Waals surface area contributed by atoms with E-state index in [9.17, 15) is 9.59 Å². The van der Waals surface area contributed by atoms with Crippen molar-refractivity contribution in [2.75, 3.05) is 13.1 Å². The van der Waals surface area contributed by atoms with Crippen LogP contribution < -0.4 is 0 Å². The Balaban J connectivity index is 1.38. The van der Waals surface area contributed by atoms with Crippen molar-refractivity contribution in [3.05, 3.63) is 36.3 Å². The molecule has 0 aromatic carbocycles. The average molecular weight is 337 g/mol. The highest BCUT2D eigenvalue weighted by Crippen LogP contribution is 2.30. The lowest BCUT2D eigenvalue weighted by molar-refractivity contribution is -0.138. The zero-order valence-corrected chi connectivity index (χ0v) is 14.4. The third-order valence-corrected chi connectivity index (χ3v) is 5.63. The van der Waals surface area contributed by atoms with Crippen LogP contribution in [0.4, 0.5) is 0 Å². The lowest BCUT2D eigenvalue weighted by atomic mass is 9.86. The molecule has 2 aromatic rings. The number of Topliss-reactive ketones (excluding diaryl/α,β-unsaturated/α-hetero) is 1. The standard InChI is InChI=1S/C20H23N3O2/c24-17-5-3-15(4-6-17)20(25)23-10-7-14(8-11-23)18-12-19-16(13-22-18)2-1-9-21-19/h1-2,9,12-15H,3-8,10-11H2. The summed E-state index contributed by atoms with van der Waals surface area (Å²) in [6.45, 7) is 1.58. The fraction of sp³-hybridized carbons (Fsp3) is 0.500. The molecule has 0 bridgehead atoms. The third-order valence-electron chi connectivity index (χ3n) is 5.63. The lowest BCUT2D eigenvalue weighted by Gasteiger charge is -2.35. The van der Waals surface area contributed by atoms with Gasteiger partial charge < -0.3 is 4.90 Å². The summed E-state index contributed by atoms with van der Waals surface area (Å²) in [4.78, 5) is 35.1. The highest BCUT2D eigenvalue weighted by molar-refractivity contribution is 5.84. The normalized spacial score (nSPS) is 20.2. The molecule has 2 aliphatic rings. The number of nitrogens with zero attached hydrogens (tertiary/aromatic N) is 3. The Hall–Kier alpha value is -2.30. The molecule has 3 heterocycles. The number of piperidine rings is 1. The maximum atomic E-state index is 12.7. The molecule has 5 nitrogen and oxygen atoms in total. The Morgan fingerprint density at radius 1 is 1.08 bits per heavy atom. The van der Waals surface area contributed by atoms with Crippen molar-refractivity contribution in [2.24, 2.45) is 5.92 Å². The Labute approximate surface area is 147 Å². The summed E-state index contributed by atoms with van der Waals surface area (Å²) in [5.41, 5.74) is 2.07. The number of rotatable bonds is 2. The fourth-order valence-corrected chi connectivity index (χ4v) is 4.04. The molecule has 1 saturated carbocycles. The van der Waals surface area contributed by atoms with Crippen LogP contribution in [-0.2, 0) is 9.59 Å². The van der Waals surface area contributed by atoms with Gasteiger partial charge >= 0.3 is 0 Å². The van der Waals surface area contributed by atoms with E-state index in [1.807, 2.05) is 29.4 Å². The molecular weight excluding hydrogens is 314 g/mol. The summed E-state index contributed by atoms with van der Waals surface area (Å²) in [6, 6.07) is 6.03. The second-order valence-corrected chi connectivity index (χ2v) is 7.22. The molecule has 1 aliphatic carbocycles. The monoisotopic (exact) mass is 337 g/mol. The molecule has 2 fully saturated rings. The van der Waals surface area contributed by atoms with E-state index in [4.69, 9.17) is 0 Å². The molecule has 0 N–H and O–H groups in total. The predicted molar refractivity (Wildman–Crippen MR) is 95.1 cm³/mol. The van der Waals surface area contributed by atoms with Gasteiger partial charge in [0.2, 0.25) is 5.91 Å². The molecule has 2 aromatic heterocycles. The Kier molecular flexibility index (Phi) is 4.47. The van der Waals surface area contributed by atoms with Crippen molar-refractivity contribution >= 4 is 22.6 Å². The number of carbonyl (C=O) groups excluding carboxylic acids is 2.